The van der Waals surface area contributed by atoms with Crippen LogP contribution < -0.4 is 5.32 Å². The topological polar surface area (TPSA) is 156 Å². The number of cyclic esters (lactones) is 1. The summed E-state index contributed by atoms with van der Waals surface area (Å²) in [5.41, 5.74) is 0.776. The molecule has 2 N–H and O–H groups in total. The minimum absolute atomic E-state index is 0.0551. The fourth-order valence-corrected chi connectivity index (χ4v) is 7.43. The molecule has 3 amide bonds. The SMILES string of the molecule is O=C1CC/C=C\[C@H]2O[C@]34C=CCN(Cn5nnc6ccccc65)C(=O)[C@H]3N(CCCCO)C(=O)[C@@H]4[C@H]2C(=O)N[C@H](c2ccccc2)CO1. The number of ether oxygens (including phenoxy) is 2. The summed E-state index contributed by atoms with van der Waals surface area (Å²) in [4.78, 5) is 59.2. The van der Waals surface area contributed by atoms with E-state index < -0.39 is 41.5 Å². The number of nitrogens with one attached hydrogen (secondary N) is 1. The lowest BCUT2D eigenvalue weighted by atomic mass is 9.77. The summed E-state index contributed by atoms with van der Waals surface area (Å²) in [6, 6.07) is 15.0. The van der Waals surface area contributed by atoms with Gasteiger partial charge in [0.1, 0.15) is 30.4 Å². The lowest BCUT2D eigenvalue weighted by molar-refractivity contribution is -0.149. The van der Waals surface area contributed by atoms with E-state index in [0.29, 0.717) is 24.8 Å². The predicted molar refractivity (Wildman–Crippen MR) is 171 cm³/mol. The first kappa shape index (κ1) is 31.7. The van der Waals surface area contributed by atoms with E-state index in [-0.39, 0.29) is 57.2 Å². The molecule has 0 aliphatic carbocycles. The largest absolute Gasteiger partial charge is 0.463 e. The molecule has 13 nitrogen and oxygen atoms in total. The molecule has 5 heterocycles. The molecule has 0 bridgehead atoms. The van der Waals surface area contributed by atoms with Crippen LogP contribution in [0.25, 0.3) is 11.0 Å². The number of amides is 3. The van der Waals surface area contributed by atoms with Gasteiger partial charge in [0.15, 0.2) is 0 Å². The second-order valence-electron chi connectivity index (χ2n) is 12.6. The van der Waals surface area contributed by atoms with Crippen molar-refractivity contribution in [1.29, 1.82) is 0 Å². The van der Waals surface area contributed by atoms with E-state index in [2.05, 4.69) is 15.6 Å². The van der Waals surface area contributed by atoms with Crippen molar-refractivity contribution in [1.82, 2.24) is 30.1 Å². The quantitative estimate of drug-likeness (QED) is 0.221. The average Bonchev–Trinajstić information content (AvgIpc) is 3.69. The molecule has 2 saturated heterocycles. The van der Waals surface area contributed by atoms with Crippen molar-refractivity contribution in [2.45, 2.75) is 56.1 Å². The maximum atomic E-state index is 14.6. The third-order valence-corrected chi connectivity index (χ3v) is 9.68. The van der Waals surface area contributed by atoms with Gasteiger partial charge in [-0.2, -0.15) is 0 Å². The Bertz CT molecular complexity index is 1760. The zero-order valence-electron chi connectivity index (χ0n) is 26.4. The van der Waals surface area contributed by atoms with Gasteiger partial charge < -0.3 is 29.7 Å². The minimum atomic E-state index is -1.43. The van der Waals surface area contributed by atoms with Gasteiger partial charge in [-0.25, -0.2) is 4.68 Å². The molecular formula is C35H38N6O7. The molecule has 48 heavy (non-hydrogen) atoms. The van der Waals surface area contributed by atoms with E-state index in [1.807, 2.05) is 60.7 Å². The van der Waals surface area contributed by atoms with Gasteiger partial charge in [-0.15, -0.1) is 5.10 Å². The number of nitrogens with zero attached hydrogens (tertiary/aromatic N) is 5. The standard InChI is InChI=1S/C35H38N6O7/c42-20-9-8-19-40-31-34(46)39(22-41-26-14-5-4-13-24(26)37-38-41)18-10-17-35(31)30(33(40)45)29-27(48-35)15-6-7-16-28(43)47-21-25(36-32(29)44)23-11-2-1-3-12-23/h1-6,10-15,17,25,27,29-31,42H,7-9,16,18-22H2,(H,36,44)/b15-6-/t25-,27+,29-,30-,31+,35-/m0/s1. The van der Waals surface area contributed by atoms with E-state index in [4.69, 9.17) is 9.47 Å². The fraction of sp³-hybridized carbons (Fsp3) is 0.429. The highest BCUT2D eigenvalue weighted by Crippen LogP contribution is 2.53. The molecule has 0 radical (unpaired) electrons. The Morgan fingerprint density at radius 1 is 0.979 bits per heavy atom. The monoisotopic (exact) mass is 654 g/mol. The second kappa shape index (κ2) is 13.3. The van der Waals surface area contributed by atoms with Crippen LogP contribution in [0.2, 0.25) is 0 Å². The van der Waals surface area contributed by atoms with E-state index in [1.165, 1.54) is 4.90 Å². The van der Waals surface area contributed by atoms with E-state index in [9.17, 15) is 24.3 Å². The highest BCUT2D eigenvalue weighted by atomic mass is 16.5. The van der Waals surface area contributed by atoms with Crippen molar-refractivity contribution in [3.63, 3.8) is 0 Å². The predicted octanol–water partition coefficient (Wildman–Crippen LogP) is 1.89. The molecule has 250 valence electrons. The molecule has 4 aliphatic heterocycles. The minimum Gasteiger partial charge on any atom is -0.463 e. The van der Waals surface area contributed by atoms with Crippen LogP contribution in [0.3, 0.4) is 0 Å². The van der Waals surface area contributed by atoms with Gasteiger partial charge >= 0.3 is 5.97 Å². The van der Waals surface area contributed by atoms with E-state index in [0.717, 1.165) is 11.1 Å². The van der Waals surface area contributed by atoms with Crippen LogP contribution in [0, 0.1) is 11.8 Å². The Balaban J connectivity index is 1.26. The maximum absolute atomic E-state index is 14.6. The smallest absolute Gasteiger partial charge is 0.306 e. The number of allylic oxidation sites excluding steroid dienone is 1. The second-order valence-corrected chi connectivity index (χ2v) is 12.6. The van der Waals surface area contributed by atoms with Gasteiger partial charge in [0, 0.05) is 26.1 Å². The molecule has 2 fully saturated rings. The van der Waals surface area contributed by atoms with Crippen molar-refractivity contribution < 1.29 is 33.8 Å². The first-order chi connectivity index (χ1) is 23.4. The van der Waals surface area contributed by atoms with Gasteiger partial charge in [-0.05, 0) is 37.0 Å². The van der Waals surface area contributed by atoms with Gasteiger partial charge in [0.05, 0.1) is 29.5 Å². The van der Waals surface area contributed by atoms with Crippen molar-refractivity contribution in [3.05, 3.63) is 84.5 Å². The number of benzene rings is 2. The highest BCUT2D eigenvalue weighted by molar-refractivity contribution is 5.99. The first-order valence-electron chi connectivity index (χ1n) is 16.4. The number of hydrogen-bond donors (Lipinski definition) is 2. The maximum Gasteiger partial charge on any atom is 0.306 e. The average molecular weight is 655 g/mol. The molecule has 3 aromatic rings. The number of aromatic nitrogens is 3. The van der Waals surface area contributed by atoms with Gasteiger partial charge in [0.2, 0.25) is 11.8 Å². The number of likely N-dealkylation sites (tertiary alicyclic amines) is 1. The normalized spacial score (nSPS) is 29.7. The number of rotatable bonds is 7. The number of carbonyl (C=O) groups excluding carboxylic acids is 4. The van der Waals surface area contributed by atoms with Crippen LogP contribution in [0.5, 0.6) is 0 Å². The summed E-state index contributed by atoms with van der Waals surface area (Å²) < 4.78 is 14.0. The Kier molecular flexibility index (Phi) is 8.80. The zero-order valence-corrected chi connectivity index (χ0v) is 26.4. The van der Waals surface area contributed by atoms with Crippen molar-refractivity contribution in [3.8, 4) is 0 Å². The molecule has 7 rings (SSSR count). The van der Waals surface area contributed by atoms with Crippen LogP contribution in [-0.4, -0.2) is 97.6 Å². The van der Waals surface area contributed by atoms with Crippen LogP contribution in [0.15, 0.2) is 78.9 Å². The number of hydrogen-bond acceptors (Lipinski definition) is 9. The molecule has 1 aromatic heterocycles. The number of carbonyl (C=O) groups is 4. The number of aliphatic hydroxyl groups excluding tert-OH is 1. The summed E-state index contributed by atoms with van der Waals surface area (Å²) in [5.74, 6) is -3.47. The third kappa shape index (κ3) is 5.66. The highest BCUT2D eigenvalue weighted by Gasteiger charge is 2.71. The van der Waals surface area contributed by atoms with Gasteiger partial charge in [0.25, 0.3) is 5.91 Å². The summed E-state index contributed by atoms with van der Waals surface area (Å²) in [6.45, 7) is 0.413. The number of esters is 1. The van der Waals surface area contributed by atoms with E-state index in [1.54, 1.807) is 27.8 Å². The van der Waals surface area contributed by atoms with Crippen LogP contribution in [0.4, 0.5) is 0 Å². The van der Waals surface area contributed by atoms with Crippen LogP contribution in [-0.2, 0) is 35.3 Å². The molecular weight excluding hydrogens is 616 g/mol. The van der Waals surface area contributed by atoms with Crippen molar-refractivity contribution in [2.24, 2.45) is 11.8 Å². The van der Waals surface area contributed by atoms with Crippen molar-refractivity contribution in [2.75, 3.05) is 26.3 Å². The fourth-order valence-electron chi connectivity index (χ4n) is 7.43. The molecule has 4 aliphatic rings. The molecule has 6 atom stereocenters. The molecule has 2 aromatic carbocycles. The summed E-state index contributed by atoms with van der Waals surface area (Å²) in [7, 11) is 0. The third-order valence-electron chi connectivity index (χ3n) is 9.68. The molecule has 0 unspecified atom stereocenters. The summed E-state index contributed by atoms with van der Waals surface area (Å²) in [5, 5.41) is 21.1. The lowest BCUT2D eigenvalue weighted by Gasteiger charge is -2.35. The van der Waals surface area contributed by atoms with E-state index >= 15 is 0 Å². The number of unbranched alkanes of at least 4 members (excludes halogenated alkanes) is 1. The molecule has 13 heteroatoms. The van der Waals surface area contributed by atoms with Gasteiger partial charge in [-0.3, -0.25) is 19.2 Å². The van der Waals surface area contributed by atoms with Crippen molar-refractivity contribution >= 4 is 34.7 Å². The number of aliphatic hydroxyl groups is 1. The number of para-hydroxylation sites is 1. The van der Waals surface area contributed by atoms with Gasteiger partial charge in [-0.1, -0.05) is 72.0 Å². The summed E-state index contributed by atoms with van der Waals surface area (Å²) in [6.07, 6.45) is 7.68. The lowest BCUT2D eigenvalue weighted by Crippen LogP contribution is -2.55. The first-order valence-corrected chi connectivity index (χ1v) is 16.4. The molecule has 1 spiro atoms. The zero-order chi connectivity index (χ0) is 33.3. The number of fused-ring (bicyclic) bond motifs is 3. The Morgan fingerprint density at radius 2 is 1.79 bits per heavy atom. The summed E-state index contributed by atoms with van der Waals surface area (Å²) >= 11 is 0. The Hall–Kier alpha value is -4.88. The Morgan fingerprint density at radius 3 is 2.62 bits per heavy atom. The van der Waals surface area contributed by atoms with Crippen LogP contribution in [0.1, 0.15) is 37.3 Å². The Labute approximate surface area is 277 Å². The molecule has 0 saturated carbocycles. The van der Waals surface area contributed by atoms with Crippen LogP contribution >= 0.6 is 0 Å².